The maximum Gasteiger partial charge on any atom is 0.319 e. The number of likely N-dealkylation sites (tertiary alicyclic amines) is 1. The molecule has 2 amide bonds. The summed E-state index contributed by atoms with van der Waals surface area (Å²) in [6.45, 7) is 3.37. The zero-order valence-electron chi connectivity index (χ0n) is 9.48. The van der Waals surface area contributed by atoms with Gasteiger partial charge in [-0.15, -0.1) is 0 Å². The average molecular weight is 211 g/mol. The quantitative estimate of drug-likeness (QED) is 0.748. The molecule has 2 aliphatic rings. The van der Waals surface area contributed by atoms with Crippen molar-refractivity contribution < 1.29 is 4.79 Å². The Labute approximate surface area is 91.4 Å². The fraction of sp³-hybridized carbons (Fsp3) is 0.909. The molecule has 2 N–H and O–H groups in total. The van der Waals surface area contributed by atoms with Crippen LogP contribution in [0.5, 0.6) is 0 Å². The summed E-state index contributed by atoms with van der Waals surface area (Å²) in [6, 6.07) is 0.192. The van der Waals surface area contributed by atoms with Gasteiger partial charge in [-0.2, -0.15) is 0 Å². The minimum absolute atomic E-state index is 0.192. The molecule has 0 bridgehead atoms. The van der Waals surface area contributed by atoms with E-state index in [1.807, 2.05) is 16.8 Å². The van der Waals surface area contributed by atoms with Gasteiger partial charge in [0.05, 0.1) is 0 Å². The highest BCUT2D eigenvalue weighted by Crippen LogP contribution is 2.29. The van der Waals surface area contributed by atoms with Crippen LogP contribution in [0.25, 0.3) is 0 Å². The van der Waals surface area contributed by atoms with Crippen molar-refractivity contribution in [2.75, 3.05) is 33.2 Å². The molecule has 0 spiro atoms. The van der Waals surface area contributed by atoms with E-state index in [4.69, 9.17) is 5.73 Å². The first-order chi connectivity index (χ1) is 7.20. The van der Waals surface area contributed by atoms with Crippen LogP contribution in [0.1, 0.15) is 19.3 Å². The number of hydrogen-bond acceptors (Lipinski definition) is 2. The average Bonchev–Trinajstić information content (AvgIpc) is 2.92. The maximum absolute atomic E-state index is 12.0. The number of carbonyl (C=O) groups is 1. The molecule has 0 aromatic rings. The third-order valence-corrected chi connectivity index (χ3v) is 3.45. The molecule has 0 radical (unpaired) electrons. The Morgan fingerprint density at radius 2 is 2.13 bits per heavy atom. The lowest BCUT2D eigenvalue weighted by atomic mass is 10.1. The van der Waals surface area contributed by atoms with Crippen LogP contribution in [0.15, 0.2) is 0 Å². The lowest BCUT2D eigenvalue weighted by Gasteiger charge is -2.24. The van der Waals surface area contributed by atoms with Gasteiger partial charge < -0.3 is 15.5 Å². The molecule has 0 aromatic carbocycles. The Morgan fingerprint density at radius 1 is 1.40 bits per heavy atom. The van der Waals surface area contributed by atoms with Crippen molar-refractivity contribution in [1.29, 1.82) is 0 Å². The van der Waals surface area contributed by atoms with Gasteiger partial charge in [0.15, 0.2) is 0 Å². The van der Waals surface area contributed by atoms with Crippen molar-refractivity contribution in [3.63, 3.8) is 0 Å². The highest BCUT2D eigenvalue weighted by Gasteiger charge is 2.30. The molecular weight excluding hydrogens is 190 g/mol. The van der Waals surface area contributed by atoms with E-state index in [2.05, 4.69) is 0 Å². The molecule has 4 heteroatoms. The zero-order chi connectivity index (χ0) is 10.8. The van der Waals surface area contributed by atoms with Crippen molar-refractivity contribution in [1.82, 2.24) is 9.80 Å². The van der Waals surface area contributed by atoms with Gasteiger partial charge >= 0.3 is 6.03 Å². The molecule has 86 valence electrons. The molecule has 15 heavy (non-hydrogen) atoms. The van der Waals surface area contributed by atoms with E-state index in [1.165, 1.54) is 12.8 Å². The topological polar surface area (TPSA) is 49.6 Å². The van der Waals surface area contributed by atoms with Crippen LogP contribution >= 0.6 is 0 Å². The van der Waals surface area contributed by atoms with Crippen molar-refractivity contribution in [2.24, 2.45) is 17.6 Å². The van der Waals surface area contributed by atoms with Gasteiger partial charge in [0.1, 0.15) is 0 Å². The van der Waals surface area contributed by atoms with Crippen molar-refractivity contribution in [2.45, 2.75) is 19.3 Å². The summed E-state index contributed by atoms with van der Waals surface area (Å²) in [5.74, 6) is 1.29. The number of nitrogens with two attached hydrogens (primary N) is 1. The van der Waals surface area contributed by atoms with E-state index in [-0.39, 0.29) is 6.03 Å². The Kier molecular flexibility index (Phi) is 3.14. The van der Waals surface area contributed by atoms with E-state index in [9.17, 15) is 4.79 Å². The Bertz CT molecular complexity index is 240. The van der Waals surface area contributed by atoms with Crippen LogP contribution in [0.3, 0.4) is 0 Å². The normalized spacial score (nSPS) is 25.7. The van der Waals surface area contributed by atoms with Gasteiger partial charge in [-0.05, 0) is 37.6 Å². The number of amides is 2. The second-order valence-corrected chi connectivity index (χ2v) is 4.94. The van der Waals surface area contributed by atoms with Crippen LogP contribution in [0.2, 0.25) is 0 Å². The van der Waals surface area contributed by atoms with E-state index in [0.29, 0.717) is 12.5 Å². The second kappa shape index (κ2) is 4.39. The Morgan fingerprint density at radius 3 is 2.67 bits per heavy atom. The molecule has 2 fully saturated rings. The molecule has 2 rings (SSSR count). The first-order valence-electron chi connectivity index (χ1n) is 5.90. The van der Waals surface area contributed by atoms with Crippen LogP contribution in [0.4, 0.5) is 4.79 Å². The lowest BCUT2D eigenvalue weighted by molar-refractivity contribution is 0.170. The molecule has 1 atom stereocenters. The third kappa shape index (κ3) is 2.62. The highest BCUT2D eigenvalue weighted by molar-refractivity contribution is 5.74. The molecule has 0 aromatic heterocycles. The Balaban J connectivity index is 1.79. The summed E-state index contributed by atoms with van der Waals surface area (Å²) in [4.78, 5) is 15.8. The van der Waals surface area contributed by atoms with Crippen LogP contribution in [-0.4, -0.2) is 49.1 Å². The van der Waals surface area contributed by atoms with Gasteiger partial charge in [-0.25, -0.2) is 4.79 Å². The van der Waals surface area contributed by atoms with E-state index in [0.717, 1.165) is 32.0 Å². The van der Waals surface area contributed by atoms with Crippen molar-refractivity contribution in [3.8, 4) is 0 Å². The third-order valence-electron chi connectivity index (χ3n) is 3.45. The summed E-state index contributed by atoms with van der Waals surface area (Å²) in [5.41, 5.74) is 5.61. The monoisotopic (exact) mass is 211 g/mol. The molecule has 1 saturated heterocycles. The number of urea groups is 1. The van der Waals surface area contributed by atoms with E-state index < -0.39 is 0 Å². The summed E-state index contributed by atoms with van der Waals surface area (Å²) >= 11 is 0. The molecule has 1 heterocycles. The standard InChI is InChI=1S/C11H21N3O/c1-13(7-9-2-3-9)11(15)14-5-4-10(6-12)8-14/h9-10H,2-8,12H2,1H3. The first kappa shape index (κ1) is 10.7. The van der Waals surface area contributed by atoms with Crippen LogP contribution in [-0.2, 0) is 0 Å². The number of nitrogens with zero attached hydrogens (tertiary/aromatic N) is 2. The van der Waals surface area contributed by atoms with E-state index >= 15 is 0 Å². The minimum atomic E-state index is 0.192. The smallest absolute Gasteiger partial charge is 0.319 e. The fourth-order valence-electron chi connectivity index (χ4n) is 2.21. The zero-order valence-corrected chi connectivity index (χ0v) is 9.48. The van der Waals surface area contributed by atoms with Gasteiger partial charge in [0.25, 0.3) is 0 Å². The van der Waals surface area contributed by atoms with Crippen LogP contribution in [0, 0.1) is 11.8 Å². The summed E-state index contributed by atoms with van der Waals surface area (Å²) in [6.07, 6.45) is 3.66. The largest absolute Gasteiger partial charge is 0.330 e. The van der Waals surface area contributed by atoms with Crippen LogP contribution < -0.4 is 5.73 Å². The van der Waals surface area contributed by atoms with Gasteiger partial charge in [0, 0.05) is 26.7 Å². The molecule has 1 aliphatic carbocycles. The number of carbonyl (C=O) groups excluding carboxylic acids is 1. The molecule has 1 saturated carbocycles. The van der Waals surface area contributed by atoms with Crippen molar-refractivity contribution in [3.05, 3.63) is 0 Å². The van der Waals surface area contributed by atoms with Crippen molar-refractivity contribution >= 4 is 6.03 Å². The van der Waals surface area contributed by atoms with Gasteiger partial charge in [0.2, 0.25) is 0 Å². The van der Waals surface area contributed by atoms with Gasteiger partial charge in [-0.3, -0.25) is 0 Å². The molecule has 1 unspecified atom stereocenters. The molecular formula is C11H21N3O. The number of hydrogen-bond donors (Lipinski definition) is 1. The minimum Gasteiger partial charge on any atom is -0.330 e. The highest BCUT2D eigenvalue weighted by atomic mass is 16.2. The second-order valence-electron chi connectivity index (χ2n) is 4.94. The number of rotatable bonds is 3. The molecule has 1 aliphatic heterocycles. The van der Waals surface area contributed by atoms with E-state index in [1.54, 1.807) is 0 Å². The van der Waals surface area contributed by atoms with Gasteiger partial charge in [-0.1, -0.05) is 0 Å². The summed E-state index contributed by atoms with van der Waals surface area (Å²) < 4.78 is 0. The Hall–Kier alpha value is -0.770. The predicted molar refractivity (Wildman–Crippen MR) is 59.5 cm³/mol. The maximum atomic E-state index is 12.0. The summed E-state index contributed by atoms with van der Waals surface area (Å²) in [5, 5.41) is 0. The summed E-state index contributed by atoms with van der Waals surface area (Å²) in [7, 11) is 1.91. The molecule has 4 nitrogen and oxygen atoms in total. The fourth-order valence-corrected chi connectivity index (χ4v) is 2.21. The SMILES string of the molecule is CN(CC1CC1)C(=O)N1CCC(CN)C1. The first-order valence-corrected chi connectivity index (χ1v) is 5.90. The lowest BCUT2D eigenvalue weighted by Crippen LogP contribution is -2.41. The predicted octanol–water partition coefficient (Wildman–Crippen LogP) is 0.729.